The van der Waals surface area contributed by atoms with Crippen LogP contribution < -0.4 is 15.7 Å². The number of nitrogens with one attached hydrogen (secondary N) is 1. The van der Waals surface area contributed by atoms with Crippen LogP contribution in [0.15, 0.2) is 82.0 Å². The number of aromatic nitrogens is 2. The van der Waals surface area contributed by atoms with E-state index in [4.69, 9.17) is 9.15 Å². The number of hydrogen-bond donors (Lipinski definition) is 1. The van der Waals surface area contributed by atoms with Crippen LogP contribution in [0.1, 0.15) is 27.3 Å². The smallest absolute Gasteiger partial charge is 0.336 e. The van der Waals surface area contributed by atoms with E-state index >= 15 is 0 Å². The van der Waals surface area contributed by atoms with Crippen molar-refractivity contribution in [2.75, 3.05) is 6.54 Å². The van der Waals surface area contributed by atoms with Crippen LogP contribution in [0, 0.1) is 13.8 Å². The Morgan fingerprint density at radius 2 is 1.83 bits per heavy atom. The number of benzene rings is 3. The van der Waals surface area contributed by atoms with Gasteiger partial charge >= 0.3 is 5.63 Å². The summed E-state index contributed by atoms with van der Waals surface area (Å²) in [6.07, 6.45) is 0. The number of carbonyl (C=O) groups is 1. The Labute approximate surface area is 202 Å². The summed E-state index contributed by atoms with van der Waals surface area (Å²) in [6.45, 7) is 5.32. The Balaban J connectivity index is 1.17. The first kappa shape index (κ1) is 22.4. The number of fused-ring (bicyclic) bond motifs is 2. The first-order valence-electron chi connectivity index (χ1n) is 11.4. The third kappa shape index (κ3) is 4.80. The summed E-state index contributed by atoms with van der Waals surface area (Å²) in [5.41, 5.74) is 4.51. The van der Waals surface area contributed by atoms with Gasteiger partial charge in [-0.1, -0.05) is 24.3 Å². The van der Waals surface area contributed by atoms with E-state index in [2.05, 4.69) is 14.9 Å². The molecule has 0 spiro atoms. The zero-order valence-electron chi connectivity index (χ0n) is 19.6. The van der Waals surface area contributed by atoms with Gasteiger partial charge in [0.25, 0.3) is 5.91 Å². The van der Waals surface area contributed by atoms with Gasteiger partial charge in [0.15, 0.2) is 0 Å². The van der Waals surface area contributed by atoms with E-state index in [1.807, 2.05) is 62.4 Å². The van der Waals surface area contributed by atoms with E-state index in [-0.39, 0.29) is 11.5 Å². The van der Waals surface area contributed by atoms with E-state index in [1.165, 1.54) is 6.07 Å². The summed E-state index contributed by atoms with van der Waals surface area (Å²) in [6, 6.07) is 22.2. The maximum absolute atomic E-state index is 12.6. The summed E-state index contributed by atoms with van der Waals surface area (Å²) in [5, 5.41) is 3.86. The minimum Gasteiger partial charge on any atom is -0.489 e. The molecule has 0 bridgehead atoms. The topological polar surface area (TPSA) is 86.4 Å². The van der Waals surface area contributed by atoms with Gasteiger partial charge in [0.2, 0.25) is 0 Å². The molecule has 0 saturated heterocycles. The number of para-hydroxylation sites is 2. The normalized spacial score (nSPS) is 11.1. The van der Waals surface area contributed by atoms with E-state index in [0.29, 0.717) is 36.6 Å². The molecule has 0 unspecified atom stereocenters. The number of imidazole rings is 1. The number of hydrogen-bond acceptors (Lipinski definition) is 5. The molecule has 0 atom stereocenters. The van der Waals surface area contributed by atoms with Crippen molar-refractivity contribution in [3.8, 4) is 5.75 Å². The van der Waals surface area contributed by atoms with E-state index in [9.17, 15) is 9.59 Å². The maximum atomic E-state index is 12.6. The molecule has 5 aromatic rings. The minimum atomic E-state index is -0.380. The molecule has 35 heavy (non-hydrogen) atoms. The van der Waals surface area contributed by atoms with Crippen molar-refractivity contribution >= 4 is 27.9 Å². The number of aryl methyl sites for hydroxylation is 2. The highest BCUT2D eigenvalue weighted by molar-refractivity contribution is 5.94. The summed E-state index contributed by atoms with van der Waals surface area (Å²) in [7, 11) is 0. The van der Waals surface area contributed by atoms with Crippen LogP contribution in [0.3, 0.4) is 0 Å². The zero-order chi connectivity index (χ0) is 24.4. The number of amides is 1. The second-order valence-corrected chi connectivity index (χ2v) is 8.45. The fraction of sp³-hybridized carbons (Fsp3) is 0.179. The number of rotatable bonds is 7. The third-order valence-electron chi connectivity index (χ3n) is 6.01. The Morgan fingerprint density at radius 3 is 2.66 bits per heavy atom. The third-order valence-corrected chi connectivity index (χ3v) is 6.01. The molecule has 7 nitrogen and oxygen atoms in total. The molecule has 2 aromatic heterocycles. The Kier molecular flexibility index (Phi) is 6.06. The number of nitrogens with zero attached hydrogens (tertiary/aromatic N) is 2. The van der Waals surface area contributed by atoms with Gasteiger partial charge in [-0.05, 0) is 61.4 Å². The zero-order valence-corrected chi connectivity index (χ0v) is 19.6. The fourth-order valence-electron chi connectivity index (χ4n) is 4.18. The van der Waals surface area contributed by atoms with Gasteiger partial charge in [0.05, 0.1) is 11.0 Å². The number of carbonyl (C=O) groups excluding carboxylic acids is 1. The molecule has 1 N–H and O–H groups in total. The van der Waals surface area contributed by atoms with Gasteiger partial charge in [0, 0.05) is 36.2 Å². The SMILES string of the molecule is Cc1cc(=O)oc2cc(OCc3ccc(C(=O)NCCn4c(C)nc5ccccc54)cc3)ccc12. The molecule has 2 heterocycles. The molecule has 3 aromatic carbocycles. The van der Waals surface area contributed by atoms with Crippen molar-refractivity contribution in [3.05, 3.63) is 106 Å². The van der Waals surface area contributed by atoms with E-state index in [1.54, 1.807) is 18.2 Å². The molecular formula is C28H25N3O4. The van der Waals surface area contributed by atoms with Crippen LogP contribution in [0.4, 0.5) is 0 Å². The lowest BCUT2D eigenvalue weighted by Gasteiger charge is -2.10. The lowest BCUT2D eigenvalue weighted by atomic mass is 10.1. The molecule has 5 rings (SSSR count). The molecule has 0 aliphatic rings. The van der Waals surface area contributed by atoms with Crippen LogP contribution in [0.2, 0.25) is 0 Å². The summed E-state index contributed by atoms with van der Waals surface area (Å²) in [5.74, 6) is 1.41. The predicted molar refractivity (Wildman–Crippen MR) is 135 cm³/mol. The first-order valence-corrected chi connectivity index (χ1v) is 11.4. The predicted octanol–water partition coefficient (Wildman–Crippen LogP) is 4.77. The monoisotopic (exact) mass is 467 g/mol. The van der Waals surface area contributed by atoms with Gasteiger partial charge in [-0.2, -0.15) is 0 Å². The summed E-state index contributed by atoms with van der Waals surface area (Å²) < 4.78 is 13.2. The van der Waals surface area contributed by atoms with Crippen molar-refractivity contribution in [3.63, 3.8) is 0 Å². The first-order chi connectivity index (χ1) is 17.0. The van der Waals surface area contributed by atoms with Gasteiger partial charge in [0.1, 0.15) is 23.8 Å². The molecule has 0 aliphatic heterocycles. The molecule has 0 saturated carbocycles. The van der Waals surface area contributed by atoms with Crippen LogP contribution >= 0.6 is 0 Å². The van der Waals surface area contributed by atoms with Crippen molar-refractivity contribution in [2.45, 2.75) is 27.0 Å². The van der Waals surface area contributed by atoms with Crippen molar-refractivity contribution in [1.82, 2.24) is 14.9 Å². The Hall–Kier alpha value is -4.39. The average molecular weight is 468 g/mol. The van der Waals surface area contributed by atoms with Crippen LogP contribution in [0.5, 0.6) is 5.75 Å². The van der Waals surface area contributed by atoms with Crippen molar-refractivity contribution in [1.29, 1.82) is 0 Å². The molecule has 176 valence electrons. The summed E-state index contributed by atoms with van der Waals surface area (Å²) in [4.78, 5) is 28.8. The Morgan fingerprint density at radius 1 is 1.03 bits per heavy atom. The molecular weight excluding hydrogens is 442 g/mol. The summed E-state index contributed by atoms with van der Waals surface area (Å²) >= 11 is 0. The van der Waals surface area contributed by atoms with Crippen LogP contribution in [-0.4, -0.2) is 22.0 Å². The highest BCUT2D eigenvalue weighted by Crippen LogP contribution is 2.23. The fourth-order valence-corrected chi connectivity index (χ4v) is 4.18. The molecule has 7 heteroatoms. The highest BCUT2D eigenvalue weighted by Gasteiger charge is 2.09. The molecule has 0 radical (unpaired) electrons. The quantitative estimate of drug-likeness (QED) is 0.349. The van der Waals surface area contributed by atoms with Crippen molar-refractivity contribution in [2.24, 2.45) is 0 Å². The van der Waals surface area contributed by atoms with Gasteiger partial charge in [-0.15, -0.1) is 0 Å². The molecule has 0 fully saturated rings. The van der Waals surface area contributed by atoms with Crippen molar-refractivity contribution < 1.29 is 13.9 Å². The van der Waals surface area contributed by atoms with Gasteiger partial charge in [-0.3, -0.25) is 4.79 Å². The van der Waals surface area contributed by atoms with Crippen LogP contribution in [0.25, 0.3) is 22.0 Å². The average Bonchev–Trinajstić information content (AvgIpc) is 3.17. The standard InChI is InChI=1S/C28H25N3O4/c1-18-15-27(32)35-26-16-22(11-12-23(18)26)34-17-20-7-9-21(10-8-20)28(33)29-13-14-31-19(2)30-24-5-3-4-6-25(24)31/h3-12,15-16H,13-14,17H2,1-2H3,(H,29,33). The van der Waals surface area contributed by atoms with Gasteiger partial charge in [-0.25, -0.2) is 9.78 Å². The second kappa shape index (κ2) is 9.46. The van der Waals surface area contributed by atoms with E-state index in [0.717, 1.165) is 33.4 Å². The highest BCUT2D eigenvalue weighted by atomic mass is 16.5. The van der Waals surface area contributed by atoms with Crippen LogP contribution in [-0.2, 0) is 13.2 Å². The Bertz CT molecular complexity index is 1580. The largest absolute Gasteiger partial charge is 0.489 e. The van der Waals surface area contributed by atoms with Gasteiger partial charge < -0.3 is 19.0 Å². The maximum Gasteiger partial charge on any atom is 0.336 e. The second-order valence-electron chi connectivity index (χ2n) is 8.45. The lowest BCUT2D eigenvalue weighted by Crippen LogP contribution is -2.27. The van der Waals surface area contributed by atoms with E-state index < -0.39 is 0 Å². The minimum absolute atomic E-state index is 0.125. The number of ether oxygens (including phenoxy) is 1. The molecule has 1 amide bonds. The molecule has 0 aliphatic carbocycles. The lowest BCUT2D eigenvalue weighted by molar-refractivity contribution is 0.0952.